The maximum atomic E-state index is 13.6. The Morgan fingerprint density at radius 3 is 2.83 bits per heavy atom. The average Bonchev–Trinajstić information content (AvgIpc) is 3.00. The van der Waals surface area contributed by atoms with E-state index in [-0.39, 0.29) is 24.4 Å². The molecule has 0 spiro atoms. The lowest BCUT2D eigenvalue weighted by atomic mass is 10.1. The van der Waals surface area contributed by atoms with Gasteiger partial charge in [0.25, 0.3) is 0 Å². The SMILES string of the molecule is OC1CNCC1CNCc1cccc(OCc2ccccc2F)c1. The lowest BCUT2D eigenvalue weighted by Gasteiger charge is -2.14. The molecule has 128 valence electrons. The first-order valence-corrected chi connectivity index (χ1v) is 8.27. The summed E-state index contributed by atoms with van der Waals surface area (Å²) < 4.78 is 19.3. The van der Waals surface area contributed by atoms with E-state index in [1.54, 1.807) is 18.2 Å². The summed E-state index contributed by atoms with van der Waals surface area (Å²) in [6.45, 7) is 3.21. The van der Waals surface area contributed by atoms with Crippen molar-refractivity contribution in [1.29, 1.82) is 0 Å². The Morgan fingerprint density at radius 1 is 1.17 bits per heavy atom. The Morgan fingerprint density at radius 2 is 2.04 bits per heavy atom. The van der Waals surface area contributed by atoms with Crippen LogP contribution in [-0.2, 0) is 13.2 Å². The van der Waals surface area contributed by atoms with Crippen LogP contribution in [0.2, 0.25) is 0 Å². The summed E-state index contributed by atoms with van der Waals surface area (Å²) in [5.74, 6) is 0.727. The second kappa shape index (κ2) is 8.24. The van der Waals surface area contributed by atoms with Crippen LogP contribution in [0, 0.1) is 11.7 Å². The molecular formula is C19H23FN2O2. The largest absolute Gasteiger partial charge is 0.489 e. The quantitative estimate of drug-likeness (QED) is 0.727. The molecule has 0 bridgehead atoms. The monoisotopic (exact) mass is 330 g/mol. The zero-order chi connectivity index (χ0) is 16.8. The van der Waals surface area contributed by atoms with Gasteiger partial charge in [0, 0.05) is 37.7 Å². The van der Waals surface area contributed by atoms with Crippen molar-refractivity contribution in [3.63, 3.8) is 0 Å². The molecule has 24 heavy (non-hydrogen) atoms. The zero-order valence-electron chi connectivity index (χ0n) is 13.5. The molecule has 4 nitrogen and oxygen atoms in total. The second-order valence-electron chi connectivity index (χ2n) is 6.14. The van der Waals surface area contributed by atoms with E-state index in [0.29, 0.717) is 18.7 Å². The van der Waals surface area contributed by atoms with Gasteiger partial charge in [0.15, 0.2) is 0 Å². The molecule has 1 fully saturated rings. The molecule has 1 aliphatic rings. The molecular weight excluding hydrogens is 307 g/mol. The van der Waals surface area contributed by atoms with Crippen molar-refractivity contribution in [2.75, 3.05) is 19.6 Å². The summed E-state index contributed by atoms with van der Waals surface area (Å²) in [4.78, 5) is 0. The molecule has 0 radical (unpaired) electrons. The van der Waals surface area contributed by atoms with E-state index in [0.717, 1.165) is 24.4 Å². The number of β-amino-alcohol motifs (C(OH)–C–C–N with tert-alkyl or cyclic N) is 1. The summed E-state index contributed by atoms with van der Waals surface area (Å²) >= 11 is 0. The Bertz CT molecular complexity index is 665. The molecule has 2 atom stereocenters. The molecule has 5 heteroatoms. The van der Waals surface area contributed by atoms with Crippen LogP contribution in [0.15, 0.2) is 48.5 Å². The van der Waals surface area contributed by atoms with E-state index in [9.17, 15) is 9.50 Å². The Labute approximate surface area is 141 Å². The van der Waals surface area contributed by atoms with E-state index < -0.39 is 0 Å². The molecule has 1 aliphatic heterocycles. The van der Waals surface area contributed by atoms with Crippen molar-refractivity contribution in [1.82, 2.24) is 10.6 Å². The minimum atomic E-state index is -0.270. The number of hydrogen-bond acceptors (Lipinski definition) is 4. The first-order valence-electron chi connectivity index (χ1n) is 8.27. The fourth-order valence-electron chi connectivity index (χ4n) is 2.85. The van der Waals surface area contributed by atoms with Gasteiger partial charge in [-0.1, -0.05) is 30.3 Å². The average molecular weight is 330 g/mol. The number of aliphatic hydroxyl groups excluding tert-OH is 1. The number of rotatable bonds is 7. The Hall–Kier alpha value is -1.95. The molecule has 2 aromatic carbocycles. The summed E-state index contributed by atoms with van der Waals surface area (Å²) in [5.41, 5.74) is 1.64. The summed E-state index contributed by atoms with van der Waals surface area (Å²) in [5, 5.41) is 16.3. The Balaban J connectivity index is 1.49. The van der Waals surface area contributed by atoms with Crippen LogP contribution in [0.25, 0.3) is 0 Å². The Kier molecular flexibility index (Phi) is 5.80. The molecule has 1 saturated heterocycles. The molecule has 3 N–H and O–H groups in total. The summed E-state index contributed by atoms with van der Waals surface area (Å²) in [6, 6.07) is 14.4. The van der Waals surface area contributed by atoms with Gasteiger partial charge in [-0.3, -0.25) is 0 Å². The first-order chi connectivity index (χ1) is 11.7. The van der Waals surface area contributed by atoms with Crippen molar-refractivity contribution >= 4 is 0 Å². The van der Waals surface area contributed by atoms with E-state index in [1.807, 2.05) is 24.3 Å². The topological polar surface area (TPSA) is 53.5 Å². The van der Waals surface area contributed by atoms with Gasteiger partial charge < -0.3 is 20.5 Å². The van der Waals surface area contributed by atoms with Crippen LogP contribution >= 0.6 is 0 Å². The maximum Gasteiger partial charge on any atom is 0.129 e. The first kappa shape index (κ1) is 16.9. The third-order valence-corrected chi connectivity index (χ3v) is 4.29. The normalized spacial score (nSPS) is 20.2. The van der Waals surface area contributed by atoms with Gasteiger partial charge in [0.2, 0.25) is 0 Å². The highest BCUT2D eigenvalue weighted by Gasteiger charge is 2.23. The fourth-order valence-corrected chi connectivity index (χ4v) is 2.85. The highest BCUT2D eigenvalue weighted by Crippen LogP contribution is 2.16. The van der Waals surface area contributed by atoms with Crippen molar-refractivity contribution in [2.24, 2.45) is 5.92 Å². The fraction of sp³-hybridized carbons (Fsp3) is 0.368. The standard InChI is InChI=1S/C19H23FN2O2/c20-18-7-2-1-5-15(18)13-24-17-6-3-4-14(8-17)9-21-10-16-11-22-12-19(16)23/h1-8,16,19,21-23H,9-13H2. The van der Waals surface area contributed by atoms with E-state index >= 15 is 0 Å². The van der Waals surface area contributed by atoms with Crippen LogP contribution in [0.5, 0.6) is 5.75 Å². The maximum absolute atomic E-state index is 13.6. The van der Waals surface area contributed by atoms with Gasteiger partial charge in [0.05, 0.1) is 6.10 Å². The zero-order valence-corrected chi connectivity index (χ0v) is 13.5. The highest BCUT2D eigenvalue weighted by molar-refractivity contribution is 5.29. The number of aliphatic hydroxyl groups is 1. The highest BCUT2D eigenvalue weighted by atomic mass is 19.1. The lowest BCUT2D eigenvalue weighted by Crippen LogP contribution is -2.30. The van der Waals surface area contributed by atoms with Gasteiger partial charge in [-0.05, 0) is 23.8 Å². The van der Waals surface area contributed by atoms with E-state index in [2.05, 4.69) is 10.6 Å². The number of hydrogen-bond donors (Lipinski definition) is 3. The molecule has 2 aromatic rings. The molecule has 3 rings (SSSR count). The smallest absolute Gasteiger partial charge is 0.129 e. The van der Waals surface area contributed by atoms with Crippen molar-refractivity contribution < 1.29 is 14.2 Å². The van der Waals surface area contributed by atoms with Crippen molar-refractivity contribution in [2.45, 2.75) is 19.3 Å². The molecule has 0 aliphatic carbocycles. The van der Waals surface area contributed by atoms with Crippen molar-refractivity contribution in [3.8, 4) is 5.75 Å². The summed E-state index contributed by atoms with van der Waals surface area (Å²) in [6.07, 6.45) is -0.270. The summed E-state index contributed by atoms with van der Waals surface area (Å²) in [7, 11) is 0. The van der Waals surface area contributed by atoms with Crippen LogP contribution in [-0.4, -0.2) is 30.8 Å². The molecule has 1 heterocycles. The number of nitrogens with one attached hydrogen (secondary N) is 2. The van der Waals surface area contributed by atoms with Gasteiger partial charge in [-0.2, -0.15) is 0 Å². The van der Waals surface area contributed by atoms with Crippen molar-refractivity contribution in [3.05, 3.63) is 65.5 Å². The van der Waals surface area contributed by atoms with Crippen LogP contribution in [0.1, 0.15) is 11.1 Å². The number of ether oxygens (including phenoxy) is 1. The minimum absolute atomic E-state index is 0.212. The van der Waals surface area contributed by atoms with Crippen LogP contribution in [0.3, 0.4) is 0 Å². The molecule has 2 unspecified atom stereocenters. The van der Waals surface area contributed by atoms with Crippen LogP contribution < -0.4 is 15.4 Å². The van der Waals surface area contributed by atoms with E-state index in [1.165, 1.54) is 6.07 Å². The third kappa shape index (κ3) is 4.54. The molecule has 0 aromatic heterocycles. The predicted molar refractivity (Wildman–Crippen MR) is 91.2 cm³/mol. The van der Waals surface area contributed by atoms with E-state index in [4.69, 9.17) is 4.74 Å². The number of halogens is 1. The van der Waals surface area contributed by atoms with Gasteiger partial charge in [-0.25, -0.2) is 4.39 Å². The molecule has 0 saturated carbocycles. The second-order valence-corrected chi connectivity index (χ2v) is 6.14. The lowest BCUT2D eigenvalue weighted by molar-refractivity contribution is 0.146. The number of benzene rings is 2. The van der Waals surface area contributed by atoms with Gasteiger partial charge in [-0.15, -0.1) is 0 Å². The van der Waals surface area contributed by atoms with Gasteiger partial charge >= 0.3 is 0 Å². The predicted octanol–water partition coefficient (Wildman–Crippen LogP) is 2.07. The van der Waals surface area contributed by atoms with Gasteiger partial charge in [0.1, 0.15) is 18.2 Å². The minimum Gasteiger partial charge on any atom is -0.489 e. The van der Waals surface area contributed by atoms with Crippen LogP contribution in [0.4, 0.5) is 4.39 Å². The third-order valence-electron chi connectivity index (χ3n) is 4.29. The molecule has 0 amide bonds.